The molecule has 0 bridgehead atoms. The zero-order valence-corrected chi connectivity index (χ0v) is 8.63. The van der Waals surface area contributed by atoms with Crippen LogP contribution in [0.25, 0.3) is 5.65 Å². The van der Waals surface area contributed by atoms with Crippen molar-refractivity contribution < 1.29 is 0 Å². The highest BCUT2D eigenvalue weighted by Gasteiger charge is 2.08. The molecule has 80 valence electrons. The number of nitrogens with two attached hydrogens (primary N) is 1. The summed E-state index contributed by atoms with van der Waals surface area (Å²) in [6.07, 6.45) is 2.54. The Balaban J connectivity index is 2.45. The van der Waals surface area contributed by atoms with Crippen LogP contribution in [-0.2, 0) is 6.54 Å². The minimum atomic E-state index is -0.130. The molecule has 2 aromatic heterocycles. The highest BCUT2D eigenvalue weighted by molar-refractivity contribution is 5.35. The highest BCUT2D eigenvalue weighted by atomic mass is 16.2. The van der Waals surface area contributed by atoms with Crippen LogP contribution in [0, 0.1) is 0 Å². The van der Waals surface area contributed by atoms with Crippen molar-refractivity contribution >= 4 is 5.65 Å². The molecule has 0 aliphatic rings. The number of aromatic nitrogens is 3. The lowest BCUT2D eigenvalue weighted by Gasteiger charge is -2.05. The molecule has 5 nitrogen and oxygen atoms in total. The summed E-state index contributed by atoms with van der Waals surface area (Å²) in [6.45, 7) is 2.46. The van der Waals surface area contributed by atoms with Gasteiger partial charge >= 0.3 is 5.69 Å². The summed E-state index contributed by atoms with van der Waals surface area (Å²) in [5.41, 5.74) is 6.31. The lowest BCUT2D eigenvalue weighted by atomic mass is 10.2. The van der Waals surface area contributed by atoms with Crippen molar-refractivity contribution in [1.29, 1.82) is 0 Å². The number of pyridine rings is 1. The third kappa shape index (κ3) is 1.78. The van der Waals surface area contributed by atoms with Gasteiger partial charge in [0, 0.05) is 12.2 Å². The predicted octanol–water partition coefficient (Wildman–Crippen LogP) is 0.233. The van der Waals surface area contributed by atoms with E-state index in [1.54, 1.807) is 18.3 Å². The molecule has 0 aliphatic carbocycles. The largest absolute Gasteiger partial charge is 0.350 e. The van der Waals surface area contributed by atoms with Crippen molar-refractivity contribution in [3.63, 3.8) is 0 Å². The molecule has 0 aromatic carbocycles. The fourth-order valence-electron chi connectivity index (χ4n) is 1.44. The maximum absolute atomic E-state index is 11.8. The molecular weight excluding hydrogens is 192 g/mol. The summed E-state index contributed by atoms with van der Waals surface area (Å²) < 4.78 is 2.94. The second-order valence-electron chi connectivity index (χ2n) is 3.56. The molecule has 0 radical (unpaired) electrons. The quantitative estimate of drug-likeness (QED) is 0.782. The van der Waals surface area contributed by atoms with Gasteiger partial charge in [-0.3, -0.25) is 4.40 Å². The minimum absolute atomic E-state index is 0.0207. The fourth-order valence-corrected chi connectivity index (χ4v) is 1.44. The Morgan fingerprint density at radius 1 is 1.53 bits per heavy atom. The van der Waals surface area contributed by atoms with Crippen LogP contribution in [0.2, 0.25) is 0 Å². The van der Waals surface area contributed by atoms with Crippen LogP contribution in [-0.4, -0.2) is 20.2 Å². The molecule has 0 amide bonds. The number of fused-ring (bicyclic) bond motifs is 1. The Kier molecular flexibility index (Phi) is 2.55. The average molecular weight is 206 g/mol. The van der Waals surface area contributed by atoms with E-state index < -0.39 is 0 Å². The summed E-state index contributed by atoms with van der Waals surface area (Å²) in [5.74, 6) is 0. The van der Waals surface area contributed by atoms with Gasteiger partial charge < -0.3 is 5.73 Å². The van der Waals surface area contributed by atoms with Gasteiger partial charge in [-0.25, -0.2) is 9.48 Å². The van der Waals surface area contributed by atoms with Crippen LogP contribution >= 0.6 is 0 Å². The molecule has 0 saturated heterocycles. The van der Waals surface area contributed by atoms with Gasteiger partial charge in [0.05, 0.1) is 6.54 Å². The van der Waals surface area contributed by atoms with Crippen molar-refractivity contribution in [2.24, 2.45) is 5.73 Å². The molecule has 2 aromatic rings. The first-order valence-electron chi connectivity index (χ1n) is 5.02. The van der Waals surface area contributed by atoms with Gasteiger partial charge in [0.15, 0.2) is 5.65 Å². The smallest absolute Gasteiger partial charge is 0.326 e. The lowest BCUT2D eigenvalue weighted by Crippen LogP contribution is -2.31. The standard InChI is InChI=1S/C10H14N4O/c1-2-8(11)7-14-10(15)13-6-4-3-5-9(13)12-14/h3-6,8H,2,7,11H2,1H3. The number of hydrogen-bond acceptors (Lipinski definition) is 3. The Bertz CT molecular complexity index is 513. The van der Waals surface area contributed by atoms with E-state index in [4.69, 9.17) is 5.73 Å². The monoisotopic (exact) mass is 206 g/mol. The molecule has 0 saturated carbocycles. The zero-order chi connectivity index (χ0) is 10.8. The van der Waals surface area contributed by atoms with Crippen molar-refractivity contribution in [1.82, 2.24) is 14.2 Å². The van der Waals surface area contributed by atoms with Gasteiger partial charge in [0.2, 0.25) is 0 Å². The van der Waals surface area contributed by atoms with Gasteiger partial charge in [-0.05, 0) is 18.6 Å². The SMILES string of the molecule is CCC(N)Cn1nc2ccccn2c1=O. The van der Waals surface area contributed by atoms with Gasteiger partial charge in [0.25, 0.3) is 0 Å². The average Bonchev–Trinajstić information content (AvgIpc) is 2.57. The van der Waals surface area contributed by atoms with E-state index in [0.29, 0.717) is 12.2 Å². The Morgan fingerprint density at radius 3 is 3.00 bits per heavy atom. The van der Waals surface area contributed by atoms with E-state index in [1.165, 1.54) is 9.08 Å². The van der Waals surface area contributed by atoms with Crippen molar-refractivity contribution in [3.05, 3.63) is 34.9 Å². The molecule has 15 heavy (non-hydrogen) atoms. The maximum Gasteiger partial charge on any atom is 0.350 e. The Labute approximate surface area is 87.1 Å². The fraction of sp³-hybridized carbons (Fsp3) is 0.400. The van der Waals surface area contributed by atoms with E-state index in [0.717, 1.165) is 6.42 Å². The van der Waals surface area contributed by atoms with Crippen LogP contribution in [0.4, 0.5) is 0 Å². The third-order valence-electron chi connectivity index (χ3n) is 2.42. The molecular formula is C10H14N4O. The van der Waals surface area contributed by atoms with E-state index >= 15 is 0 Å². The Hall–Kier alpha value is -1.62. The second kappa shape index (κ2) is 3.86. The summed E-state index contributed by atoms with van der Waals surface area (Å²) in [5, 5.41) is 4.19. The van der Waals surface area contributed by atoms with E-state index in [1.807, 2.05) is 13.0 Å². The topological polar surface area (TPSA) is 65.3 Å². The minimum Gasteiger partial charge on any atom is -0.326 e. The first-order valence-corrected chi connectivity index (χ1v) is 5.02. The first kappa shape index (κ1) is 9.92. The maximum atomic E-state index is 11.8. The van der Waals surface area contributed by atoms with E-state index in [9.17, 15) is 4.79 Å². The van der Waals surface area contributed by atoms with Gasteiger partial charge in [-0.15, -0.1) is 5.10 Å². The zero-order valence-electron chi connectivity index (χ0n) is 8.63. The van der Waals surface area contributed by atoms with Crippen LogP contribution in [0.3, 0.4) is 0 Å². The van der Waals surface area contributed by atoms with Crippen LogP contribution in [0.1, 0.15) is 13.3 Å². The van der Waals surface area contributed by atoms with Gasteiger partial charge in [-0.1, -0.05) is 13.0 Å². The predicted molar refractivity (Wildman–Crippen MR) is 57.7 cm³/mol. The van der Waals surface area contributed by atoms with Crippen LogP contribution < -0.4 is 11.4 Å². The van der Waals surface area contributed by atoms with E-state index in [-0.39, 0.29) is 11.7 Å². The number of rotatable bonds is 3. The number of hydrogen-bond donors (Lipinski definition) is 1. The summed E-state index contributed by atoms with van der Waals surface area (Å²) in [6, 6.07) is 5.44. The third-order valence-corrected chi connectivity index (χ3v) is 2.42. The Morgan fingerprint density at radius 2 is 2.33 bits per heavy atom. The summed E-state index contributed by atoms with van der Waals surface area (Å²) in [7, 11) is 0. The van der Waals surface area contributed by atoms with E-state index in [2.05, 4.69) is 5.10 Å². The molecule has 2 rings (SSSR count). The lowest BCUT2D eigenvalue weighted by molar-refractivity contribution is 0.488. The molecule has 1 unspecified atom stereocenters. The molecule has 0 aliphatic heterocycles. The molecule has 1 atom stereocenters. The van der Waals surface area contributed by atoms with Gasteiger partial charge in [0.1, 0.15) is 0 Å². The molecule has 2 N–H and O–H groups in total. The normalized spacial score (nSPS) is 13.2. The summed E-state index contributed by atoms with van der Waals surface area (Å²) in [4.78, 5) is 11.8. The second-order valence-corrected chi connectivity index (χ2v) is 3.56. The molecule has 5 heteroatoms. The van der Waals surface area contributed by atoms with Crippen molar-refractivity contribution in [3.8, 4) is 0 Å². The molecule has 0 fully saturated rings. The summed E-state index contributed by atoms with van der Waals surface area (Å²) >= 11 is 0. The van der Waals surface area contributed by atoms with Crippen molar-refractivity contribution in [2.45, 2.75) is 25.9 Å². The van der Waals surface area contributed by atoms with Crippen LogP contribution in [0.15, 0.2) is 29.2 Å². The first-order chi connectivity index (χ1) is 7.22. The van der Waals surface area contributed by atoms with Crippen molar-refractivity contribution in [2.75, 3.05) is 0 Å². The van der Waals surface area contributed by atoms with Gasteiger partial charge in [-0.2, -0.15) is 0 Å². The van der Waals surface area contributed by atoms with Crippen LogP contribution in [0.5, 0.6) is 0 Å². The number of nitrogens with zero attached hydrogens (tertiary/aromatic N) is 3. The molecule has 2 heterocycles. The molecule has 0 spiro atoms. The highest BCUT2D eigenvalue weighted by Crippen LogP contribution is 1.96.